The predicted octanol–water partition coefficient (Wildman–Crippen LogP) is 3.68. The lowest BCUT2D eigenvalue weighted by Crippen LogP contribution is -2.33. The van der Waals surface area contributed by atoms with E-state index in [4.69, 9.17) is 0 Å². The Labute approximate surface area is 160 Å². The molecule has 0 unspecified atom stereocenters. The summed E-state index contributed by atoms with van der Waals surface area (Å²) >= 11 is 0. The first-order valence-corrected chi connectivity index (χ1v) is 9.07. The fourth-order valence-electron chi connectivity index (χ4n) is 2.01. The van der Waals surface area contributed by atoms with Gasteiger partial charge in [0.25, 0.3) is 15.9 Å². The van der Waals surface area contributed by atoms with Gasteiger partial charge in [0.05, 0.1) is 4.90 Å². The minimum absolute atomic E-state index is 0.0634. The van der Waals surface area contributed by atoms with Crippen LogP contribution in [0.5, 0.6) is 5.75 Å². The molecular formula is C16H12F6N2O4S. The Morgan fingerprint density at radius 2 is 1.45 bits per heavy atom. The van der Waals surface area contributed by atoms with Gasteiger partial charge in [-0.3, -0.25) is 9.52 Å². The zero-order valence-corrected chi connectivity index (χ0v) is 15.0. The number of sulfonamides is 1. The van der Waals surface area contributed by atoms with E-state index in [1.807, 2.05) is 0 Å². The number of anilines is 1. The van der Waals surface area contributed by atoms with E-state index in [1.165, 1.54) is 0 Å². The van der Waals surface area contributed by atoms with Crippen molar-refractivity contribution in [3.05, 3.63) is 54.1 Å². The topological polar surface area (TPSA) is 84.5 Å². The van der Waals surface area contributed by atoms with E-state index in [0.29, 0.717) is 0 Å². The lowest BCUT2D eigenvalue weighted by molar-refractivity contribution is -0.274. The predicted molar refractivity (Wildman–Crippen MR) is 88.8 cm³/mol. The first kappa shape index (κ1) is 22.3. The van der Waals surface area contributed by atoms with Crippen LogP contribution in [0.2, 0.25) is 0 Å². The average molecular weight is 442 g/mol. The highest BCUT2D eigenvalue weighted by Crippen LogP contribution is 2.25. The maximum atomic E-state index is 12.3. The number of benzene rings is 2. The number of alkyl halides is 6. The normalized spacial score (nSPS) is 12.3. The minimum atomic E-state index is -4.89. The number of nitrogens with one attached hydrogen (secondary N) is 2. The van der Waals surface area contributed by atoms with Gasteiger partial charge in [0, 0.05) is 11.3 Å². The number of ether oxygens (including phenoxy) is 1. The van der Waals surface area contributed by atoms with Crippen LogP contribution < -0.4 is 14.8 Å². The van der Waals surface area contributed by atoms with Gasteiger partial charge in [-0.15, -0.1) is 13.2 Å². The third kappa shape index (κ3) is 7.18. The Morgan fingerprint density at radius 3 is 1.93 bits per heavy atom. The van der Waals surface area contributed by atoms with Crippen molar-refractivity contribution in [3.63, 3.8) is 0 Å². The van der Waals surface area contributed by atoms with Crippen molar-refractivity contribution in [1.82, 2.24) is 5.32 Å². The van der Waals surface area contributed by atoms with Crippen LogP contribution in [0.4, 0.5) is 32.0 Å². The molecule has 0 atom stereocenters. The van der Waals surface area contributed by atoms with Crippen molar-refractivity contribution in [1.29, 1.82) is 0 Å². The Balaban J connectivity index is 2.06. The first-order valence-electron chi connectivity index (χ1n) is 7.59. The number of rotatable bonds is 6. The molecule has 158 valence electrons. The smallest absolute Gasteiger partial charge is 0.406 e. The highest BCUT2D eigenvalue weighted by atomic mass is 32.2. The molecule has 0 aliphatic rings. The summed E-state index contributed by atoms with van der Waals surface area (Å²) < 4.78 is 103. The molecule has 0 aromatic heterocycles. The average Bonchev–Trinajstić information content (AvgIpc) is 2.59. The molecule has 0 fully saturated rings. The summed E-state index contributed by atoms with van der Waals surface area (Å²) in [5, 5.41) is 1.64. The van der Waals surface area contributed by atoms with Crippen LogP contribution in [0.15, 0.2) is 53.4 Å². The van der Waals surface area contributed by atoms with E-state index in [1.54, 1.807) is 5.32 Å². The Kier molecular flexibility index (Phi) is 6.30. The van der Waals surface area contributed by atoms with Crippen LogP contribution >= 0.6 is 0 Å². The molecule has 2 aromatic carbocycles. The van der Waals surface area contributed by atoms with Gasteiger partial charge >= 0.3 is 12.5 Å². The molecular weight excluding hydrogens is 430 g/mol. The van der Waals surface area contributed by atoms with Crippen molar-refractivity contribution in [3.8, 4) is 5.75 Å². The summed E-state index contributed by atoms with van der Waals surface area (Å²) in [6, 6.07) is 7.90. The first-order chi connectivity index (χ1) is 13.3. The molecule has 0 heterocycles. The largest absolute Gasteiger partial charge is 0.573 e. The highest BCUT2D eigenvalue weighted by Gasteiger charge is 2.31. The fourth-order valence-corrected chi connectivity index (χ4v) is 3.07. The molecule has 1 amide bonds. The Morgan fingerprint density at radius 1 is 0.897 bits per heavy atom. The van der Waals surface area contributed by atoms with Crippen LogP contribution in [0.25, 0.3) is 0 Å². The van der Waals surface area contributed by atoms with Crippen LogP contribution in [-0.2, 0) is 10.0 Å². The molecule has 6 nitrogen and oxygen atoms in total. The molecule has 29 heavy (non-hydrogen) atoms. The van der Waals surface area contributed by atoms with E-state index < -0.39 is 40.8 Å². The number of hydrogen-bond donors (Lipinski definition) is 2. The second kappa shape index (κ2) is 8.19. The SMILES string of the molecule is O=C(NCC(F)(F)F)c1ccc(S(=O)(=O)Nc2ccc(OC(F)(F)F)cc2)cc1. The third-order valence-corrected chi connectivity index (χ3v) is 4.61. The van der Waals surface area contributed by atoms with Gasteiger partial charge in [0.1, 0.15) is 12.3 Å². The lowest BCUT2D eigenvalue weighted by Gasteiger charge is -2.11. The number of carbonyl (C=O) groups is 1. The highest BCUT2D eigenvalue weighted by molar-refractivity contribution is 7.92. The second-order valence-electron chi connectivity index (χ2n) is 5.50. The van der Waals surface area contributed by atoms with Gasteiger partial charge in [0.15, 0.2) is 0 Å². The molecule has 0 radical (unpaired) electrons. The third-order valence-electron chi connectivity index (χ3n) is 3.22. The summed E-state index contributed by atoms with van der Waals surface area (Å²) in [7, 11) is -4.16. The van der Waals surface area contributed by atoms with Crippen molar-refractivity contribution in [2.75, 3.05) is 11.3 Å². The van der Waals surface area contributed by atoms with Gasteiger partial charge in [-0.05, 0) is 48.5 Å². The zero-order chi connectivity index (χ0) is 21.9. The van der Waals surface area contributed by atoms with E-state index in [-0.39, 0.29) is 16.1 Å². The molecule has 2 aromatic rings. The molecule has 0 saturated heterocycles. The van der Waals surface area contributed by atoms with E-state index in [9.17, 15) is 39.6 Å². The summed E-state index contributed by atoms with van der Waals surface area (Å²) in [4.78, 5) is 11.3. The number of hydrogen-bond acceptors (Lipinski definition) is 4. The number of carbonyl (C=O) groups excluding carboxylic acids is 1. The van der Waals surface area contributed by atoms with Crippen molar-refractivity contribution in [2.45, 2.75) is 17.4 Å². The van der Waals surface area contributed by atoms with Crippen LogP contribution in [0, 0.1) is 0 Å². The maximum Gasteiger partial charge on any atom is 0.573 e. The Bertz CT molecular complexity index is 955. The van der Waals surface area contributed by atoms with Gasteiger partial charge < -0.3 is 10.1 Å². The number of amides is 1. The van der Waals surface area contributed by atoms with Crippen LogP contribution in [0.3, 0.4) is 0 Å². The van der Waals surface area contributed by atoms with Crippen LogP contribution in [-0.4, -0.2) is 33.4 Å². The van der Waals surface area contributed by atoms with Crippen LogP contribution in [0.1, 0.15) is 10.4 Å². The molecule has 13 heteroatoms. The number of halogens is 6. The molecule has 0 spiro atoms. The second-order valence-corrected chi connectivity index (χ2v) is 7.18. The van der Waals surface area contributed by atoms with E-state index in [0.717, 1.165) is 48.5 Å². The van der Waals surface area contributed by atoms with E-state index in [2.05, 4.69) is 9.46 Å². The summed E-state index contributed by atoms with van der Waals surface area (Å²) in [6.07, 6.45) is -9.49. The summed E-state index contributed by atoms with van der Waals surface area (Å²) in [5.74, 6) is -1.59. The standard InChI is InChI=1S/C16H12F6N2O4S/c17-15(18,19)9-23-14(25)10-1-7-13(8-2-10)29(26,27)24-11-3-5-12(6-4-11)28-16(20,21)22/h1-8,24H,9H2,(H,23,25). The molecule has 2 N–H and O–H groups in total. The van der Waals surface area contributed by atoms with Crippen molar-refractivity contribution < 1.29 is 44.3 Å². The van der Waals surface area contributed by atoms with Gasteiger partial charge in [0.2, 0.25) is 0 Å². The van der Waals surface area contributed by atoms with E-state index >= 15 is 0 Å². The maximum absolute atomic E-state index is 12.3. The van der Waals surface area contributed by atoms with Crippen molar-refractivity contribution >= 4 is 21.6 Å². The van der Waals surface area contributed by atoms with Crippen molar-refractivity contribution in [2.24, 2.45) is 0 Å². The van der Waals surface area contributed by atoms with Gasteiger partial charge in [-0.1, -0.05) is 0 Å². The molecule has 0 bridgehead atoms. The van der Waals surface area contributed by atoms with Gasteiger partial charge in [-0.2, -0.15) is 13.2 Å². The molecule has 2 rings (SSSR count). The lowest BCUT2D eigenvalue weighted by atomic mass is 10.2. The fraction of sp³-hybridized carbons (Fsp3) is 0.188. The molecule has 0 aliphatic heterocycles. The Hall–Kier alpha value is -2.96. The van der Waals surface area contributed by atoms with Gasteiger partial charge in [-0.25, -0.2) is 8.42 Å². The molecule has 0 saturated carbocycles. The monoisotopic (exact) mass is 442 g/mol. The zero-order valence-electron chi connectivity index (χ0n) is 14.1. The minimum Gasteiger partial charge on any atom is -0.406 e. The summed E-state index contributed by atoms with van der Waals surface area (Å²) in [5.41, 5.74) is -0.256. The quantitative estimate of drug-likeness (QED) is 0.669. The summed E-state index contributed by atoms with van der Waals surface area (Å²) in [6.45, 7) is -1.54. The molecule has 0 aliphatic carbocycles.